The predicted molar refractivity (Wildman–Crippen MR) is 60.3 cm³/mol. The lowest BCUT2D eigenvalue weighted by Gasteiger charge is -2.05. The van der Waals surface area contributed by atoms with Gasteiger partial charge in [-0.2, -0.15) is 0 Å². The van der Waals surface area contributed by atoms with Crippen LogP contribution in [0, 0.1) is 6.92 Å². The summed E-state index contributed by atoms with van der Waals surface area (Å²) in [5.74, 6) is 0.832. The van der Waals surface area contributed by atoms with Crippen molar-refractivity contribution in [3.8, 4) is 5.75 Å². The molecule has 0 N–H and O–H groups in total. The summed E-state index contributed by atoms with van der Waals surface area (Å²) in [6, 6.07) is 7.75. The van der Waals surface area contributed by atoms with Crippen LogP contribution in [-0.4, -0.2) is 12.1 Å². The third-order valence-electron chi connectivity index (χ3n) is 2.12. The summed E-state index contributed by atoms with van der Waals surface area (Å²) < 4.78 is 5.15. The third kappa shape index (κ3) is 1.55. The number of nitrogens with zero attached hydrogens (tertiary/aromatic N) is 1. The second-order valence-corrected chi connectivity index (χ2v) is 3.65. The van der Waals surface area contributed by atoms with Crippen LogP contribution >= 0.6 is 12.6 Å². The van der Waals surface area contributed by atoms with Crippen molar-refractivity contribution in [3.63, 3.8) is 0 Å². The molecule has 14 heavy (non-hydrogen) atoms. The summed E-state index contributed by atoms with van der Waals surface area (Å²) in [5.41, 5.74) is 1.93. The van der Waals surface area contributed by atoms with E-state index >= 15 is 0 Å². The summed E-state index contributed by atoms with van der Waals surface area (Å²) in [6.07, 6.45) is 0. The van der Waals surface area contributed by atoms with Gasteiger partial charge in [-0.25, -0.2) is 0 Å². The highest BCUT2D eigenvalue weighted by atomic mass is 32.1. The first-order valence-electron chi connectivity index (χ1n) is 4.35. The van der Waals surface area contributed by atoms with E-state index in [4.69, 9.17) is 4.74 Å². The van der Waals surface area contributed by atoms with Crippen molar-refractivity contribution in [2.24, 2.45) is 0 Å². The fourth-order valence-electron chi connectivity index (χ4n) is 1.44. The molecule has 0 bridgehead atoms. The second-order valence-electron chi connectivity index (χ2n) is 3.17. The van der Waals surface area contributed by atoms with Crippen LogP contribution in [0.1, 0.15) is 5.69 Å². The summed E-state index contributed by atoms with van der Waals surface area (Å²) in [4.78, 5) is 5.34. The van der Waals surface area contributed by atoms with E-state index in [9.17, 15) is 0 Å². The average molecular weight is 205 g/mol. The van der Waals surface area contributed by atoms with E-state index in [0.29, 0.717) is 0 Å². The maximum absolute atomic E-state index is 5.15. The van der Waals surface area contributed by atoms with Crippen LogP contribution in [0.5, 0.6) is 5.75 Å². The fourth-order valence-corrected chi connectivity index (χ4v) is 1.81. The van der Waals surface area contributed by atoms with E-state index in [1.165, 1.54) is 0 Å². The van der Waals surface area contributed by atoms with E-state index in [2.05, 4.69) is 17.6 Å². The third-order valence-corrected chi connectivity index (χ3v) is 2.49. The Bertz CT molecular complexity index is 482. The van der Waals surface area contributed by atoms with Gasteiger partial charge in [-0.15, -0.1) is 12.6 Å². The number of aromatic nitrogens is 1. The Labute approximate surface area is 88.3 Å². The molecule has 0 atom stereocenters. The molecule has 2 rings (SSSR count). The van der Waals surface area contributed by atoms with Gasteiger partial charge in [-0.1, -0.05) is 0 Å². The Morgan fingerprint density at radius 1 is 1.29 bits per heavy atom. The van der Waals surface area contributed by atoms with Crippen LogP contribution in [0.3, 0.4) is 0 Å². The summed E-state index contributed by atoms with van der Waals surface area (Å²) in [6.45, 7) is 1.96. The van der Waals surface area contributed by atoms with E-state index < -0.39 is 0 Å². The molecule has 0 spiro atoms. The number of pyridine rings is 1. The highest BCUT2D eigenvalue weighted by Crippen LogP contribution is 2.25. The minimum atomic E-state index is 0.832. The van der Waals surface area contributed by atoms with E-state index in [1.54, 1.807) is 7.11 Å². The van der Waals surface area contributed by atoms with Crippen molar-refractivity contribution in [2.75, 3.05) is 7.11 Å². The van der Waals surface area contributed by atoms with Crippen LogP contribution < -0.4 is 4.74 Å². The zero-order valence-electron chi connectivity index (χ0n) is 8.11. The second kappa shape index (κ2) is 3.50. The average Bonchev–Trinajstić information content (AvgIpc) is 2.17. The maximum atomic E-state index is 5.15. The highest BCUT2D eigenvalue weighted by molar-refractivity contribution is 7.80. The molecule has 0 amide bonds. The summed E-state index contributed by atoms with van der Waals surface area (Å²) >= 11 is 4.41. The Morgan fingerprint density at radius 2 is 2.07 bits per heavy atom. The molecule has 2 nitrogen and oxygen atoms in total. The quantitative estimate of drug-likeness (QED) is 0.723. The van der Waals surface area contributed by atoms with Gasteiger partial charge in [0.25, 0.3) is 0 Å². The largest absolute Gasteiger partial charge is 0.497 e. The van der Waals surface area contributed by atoms with Gasteiger partial charge >= 0.3 is 0 Å². The predicted octanol–water partition coefficient (Wildman–Crippen LogP) is 2.84. The molecule has 1 aromatic heterocycles. The smallest absolute Gasteiger partial charge is 0.119 e. The van der Waals surface area contributed by atoms with Crippen LogP contribution in [-0.2, 0) is 0 Å². The van der Waals surface area contributed by atoms with E-state index in [1.807, 2.05) is 31.2 Å². The Hall–Kier alpha value is -1.22. The number of fused-ring (bicyclic) bond motifs is 1. The van der Waals surface area contributed by atoms with Crippen LogP contribution in [0.2, 0.25) is 0 Å². The van der Waals surface area contributed by atoms with Crippen molar-refractivity contribution >= 4 is 23.5 Å². The fraction of sp³-hybridized carbons (Fsp3) is 0.182. The molecule has 0 aliphatic carbocycles. The Balaban J connectivity index is 2.75. The van der Waals surface area contributed by atoms with Crippen LogP contribution in [0.4, 0.5) is 0 Å². The van der Waals surface area contributed by atoms with Gasteiger partial charge in [0.15, 0.2) is 0 Å². The minimum absolute atomic E-state index is 0.832. The molecule has 1 heterocycles. The lowest BCUT2D eigenvalue weighted by atomic mass is 10.2. The first kappa shape index (κ1) is 9.34. The lowest BCUT2D eigenvalue weighted by Crippen LogP contribution is -1.87. The van der Waals surface area contributed by atoms with Crippen molar-refractivity contribution < 1.29 is 4.74 Å². The molecule has 72 valence electrons. The van der Waals surface area contributed by atoms with Crippen LogP contribution in [0.15, 0.2) is 29.2 Å². The molecular formula is C11H11NOS. The maximum Gasteiger partial charge on any atom is 0.119 e. The monoisotopic (exact) mass is 205 g/mol. The van der Waals surface area contributed by atoms with Gasteiger partial charge in [0.05, 0.1) is 12.6 Å². The van der Waals surface area contributed by atoms with Gasteiger partial charge in [0, 0.05) is 16.0 Å². The van der Waals surface area contributed by atoms with E-state index in [0.717, 1.165) is 27.2 Å². The molecule has 3 heteroatoms. The molecule has 0 saturated carbocycles. The standard InChI is InChI=1S/C11H11NOS/c1-7-5-11(14)9-6-8(13-2)3-4-10(9)12-7/h3-6H,1-2H3,(H,12,14). The minimum Gasteiger partial charge on any atom is -0.497 e. The number of benzene rings is 1. The highest BCUT2D eigenvalue weighted by Gasteiger charge is 2.02. The number of aryl methyl sites for hydroxylation is 1. The van der Waals surface area contributed by atoms with E-state index in [-0.39, 0.29) is 0 Å². The molecule has 0 unspecified atom stereocenters. The molecule has 0 radical (unpaired) electrons. The van der Waals surface area contributed by atoms with Gasteiger partial charge in [-0.05, 0) is 31.2 Å². The van der Waals surface area contributed by atoms with Crippen LogP contribution in [0.25, 0.3) is 10.9 Å². The first-order chi connectivity index (χ1) is 6.70. The van der Waals surface area contributed by atoms with Gasteiger partial charge in [0.1, 0.15) is 5.75 Å². The molecule has 0 saturated heterocycles. The number of ether oxygens (including phenoxy) is 1. The number of methoxy groups -OCH3 is 1. The number of thiol groups is 1. The Morgan fingerprint density at radius 3 is 2.79 bits per heavy atom. The first-order valence-corrected chi connectivity index (χ1v) is 4.80. The molecular weight excluding hydrogens is 194 g/mol. The number of hydrogen-bond acceptors (Lipinski definition) is 3. The van der Waals surface area contributed by atoms with Crippen molar-refractivity contribution in [3.05, 3.63) is 30.0 Å². The molecule has 0 aliphatic rings. The summed E-state index contributed by atoms with van der Waals surface area (Å²) in [5, 5.41) is 1.03. The zero-order valence-corrected chi connectivity index (χ0v) is 9.01. The van der Waals surface area contributed by atoms with Crippen molar-refractivity contribution in [1.29, 1.82) is 0 Å². The van der Waals surface area contributed by atoms with Gasteiger partial charge in [0.2, 0.25) is 0 Å². The zero-order chi connectivity index (χ0) is 10.1. The van der Waals surface area contributed by atoms with Crippen molar-refractivity contribution in [1.82, 2.24) is 4.98 Å². The van der Waals surface area contributed by atoms with Crippen molar-refractivity contribution in [2.45, 2.75) is 11.8 Å². The number of hydrogen-bond donors (Lipinski definition) is 1. The summed E-state index contributed by atoms with van der Waals surface area (Å²) in [7, 11) is 1.65. The topological polar surface area (TPSA) is 22.1 Å². The molecule has 1 aromatic carbocycles. The lowest BCUT2D eigenvalue weighted by molar-refractivity contribution is 0.415. The normalized spacial score (nSPS) is 10.5. The number of rotatable bonds is 1. The van der Waals surface area contributed by atoms with Gasteiger partial charge < -0.3 is 4.74 Å². The molecule has 2 aromatic rings. The molecule has 0 aliphatic heterocycles. The SMILES string of the molecule is COc1ccc2nc(C)cc(S)c2c1. The molecule has 0 fully saturated rings. The van der Waals surface area contributed by atoms with Gasteiger partial charge in [-0.3, -0.25) is 4.98 Å². The Kier molecular flexibility index (Phi) is 2.33.